The number of nitrogens with zero attached hydrogens (tertiary/aromatic N) is 1. The van der Waals surface area contributed by atoms with E-state index in [0.717, 1.165) is 6.54 Å². The van der Waals surface area contributed by atoms with E-state index in [1.807, 2.05) is 0 Å². The lowest BCUT2D eigenvalue weighted by Gasteiger charge is -2.23. The Morgan fingerprint density at radius 3 is 2.40 bits per heavy atom. The molecule has 0 heterocycles. The molecule has 0 saturated heterocycles. The van der Waals surface area contributed by atoms with Crippen molar-refractivity contribution in [1.82, 2.24) is 4.31 Å². The van der Waals surface area contributed by atoms with Crippen LogP contribution in [0.4, 0.5) is 0 Å². The van der Waals surface area contributed by atoms with E-state index in [9.17, 15) is 0 Å². The minimum absolute atomic E-state index is 0.655. The Labute approximate surface area is 73.5 Å². The largest absolute Gasteiger partial charge is 0.239 e. The van der Waals surface area contributed by atoms with Crippen LogP contribution in [0.2, 0.25) is 0 Å². The lowest BCUT2D eigenvalue weighted by Crippen LogP contribution is -2.25. The molecule has 0 saturated carbocycles. The van der Waals surface area contributed by atoms with Crippen LogP contribution in [0.3, 0.4) is 0 Å². The molecule has 0 N–H and O–H groups in total. The summed E-state index contributed by atoms with van der Waals surface area (Å²) in [5.74, 6) is 0. The Morgan fingerprint density at radius 1 is 1.50 bits per heavy atom. The van der Waals surface area contributed by atoms with E-state index in [-0.39, 0.29) is 0 Å². The van der Waals surface area contributed by atoms with E-state index in [0.29, 0.717) is 6.04 Å². The van der Waals surface area contributed by atoms with Crippen molar-refractivity contribution in [2.75, 3.05) is 6.54 Å². The Kier molecular flexibility index (Phi) is 6.80. The SMILES string of the molecule is CCCN(SS)C(C)CC. The van der Waals surface area contributed by atoms with Crippen LogP contribution in [0.15, 0.2) is 0 Å². The lowest BCUT2D eigenvalue weighted by atomic mass is 10.2. The summed E-state index contributed by atoms with van der Waals surface area (Å²) in [4.78, 5) is 0. The van der Waals surface area contributed by atoms with Crippen molar-refractivity contribution >= 4 is 22.6 Å². The van der Waals surface area contributed by atoms with Gasteiger partial charge in [0, 0.05) is 12.6 Å². The first-order chi connectivity index (χ1) is 4.76. The summed E-state index contributed by atoms with van der Waals surface area (Å²) in [6.07, 6.45) is 2.41. The summed E-state index contributed by atoms with van der Waals surface area (Å²) >= 11 is 4.19. The third-order valence-corrected chi connectivity index (χ3v) is 3.01. The lowest BCUT2D eigenvalue weighted by molar-refractivity contribution is 0.368. The molecule has 3 heteroatoms. The highest BCUT2D eigenvalue weighted by atomic mass is 33.1. The predicted molar refractivity (Wildman–Crippen MR) is 53.3 cm³/mol. The summed E-state index contributed by atoms with van der Waals surface area (Å²) in [6, 6.07) is 0.655. The van der Waals surface area contributed by atoms with Crippen LogP contribution in [0.25, 0.3) is 0 Å². The molecule has 1 atom stereocenters. The average molecular weight is 179 g/mol. The molecule has 0 aromatic carbocycles. The third-order valence-electron chi connectivity index (χ3n) is 1.63. The van der Waals surface area contributed by atoms with Crippen LogP contribution in [-0.4, -0.2) is 16.9 Å². The average Bonchev–Trinajstić information content (AvgIpc) is 1.99. The first-order valence-corrected chi connectivity index (χ1v) is 5.67. The quantitative estimate of drug-likeness (QED) is 0.393. The predicted octanol–water partition coefficient (Wildman–Crippen LogP) is 2.99. The molecule has 0 aliphatic heterocycles. The fourth-order valence-electron chi connectivity index (χ4n) is 0.766. The van der Waals surface area contributed by atoms with Crippen LogP contribution >= 0.6 is 22.6 Å². The van der Waals surface area contributed by atoms with Gasteiger partial charge in [-0.2, -0.15) is 0 Å². The molecule has 0 aliphatic rings. The number of rotatable bonds is 5. The molecule has 0 aromatic heterocycles. The maximum absolute atomic E-state index is 4.19. The first-order valence-electron chi connectivity index (χ1n) is 3.84. The topological polar surface area (TPSA) is 3.24 Å². The highest BCUT2D eigenvalue weighted by molar-refractivity contribution is 8.67. The van der Waals surface area contributed by atoms with Crippen LogP contribution in [0, 0.1) is 0 Å². The Bertz CT molecular complexity index is 78.0. The van der Waals surface area contributed by atoms with Crippen molar-refractivity contribution in [2.24, 2.45) is 0 Å². The molecule has 0 spiro atoms. The number of thiol groups is 1. The molecule has 0 aliphatic carbocycles. The molecule has 1 nitrogen and oxygen atoms in total. The zero-order valence-electron chi connectivity index (χ0n) is 7.00. The van der Waals surface area contributed by atoms with Crippen molar-refractivity contribution < 1.29 is 0 Å². The molecule has 62 valence electrons. The summed E-state index contributed by atoms with van der Waals surface area (Å²) in [5.41, 5.74) is 0. The van der Waals surface area contributed by atoms with Crippen molar-refractivity contribution in [3.63, 3.8) is 0 Å². The van der Waals surface area contributed by atoms with Gasteiger partial charge in [-0.15, -0.1) is 0 Å². The van der Waals surface area contributed by atoms with Gasteiger partial charge in [0.05, 0.1) is 0 Å². The Morgan fingerprint density at radius 2 is 2.10 bits per heavy atom. The molecule has 0 aromatic rings. The van der Waals surface area contributed by atoms with E-state index in [1.165, 1.54) is 12.8 Å². The smallest absolute Gasteiger partial charge is 0.0179 e. The van der Waals surface area contributed by atoms with Crippen molar-refractivity contribution in [2.45, 2.75) is 39.7 Å². The molecular formula is C7H17NS2. The Balaban J connectivity index is 3.56. The summed E-state index contributed by atoms with van der Waals surface area (Å²) < 4.78 is 2.31. The number of hydrogen-bond acceptors (Lipinski definition) is 3. The van der Waals surface area contributed by atoms with Gasteiger partial charge in [0.1, 0.15) is 0 Å². The second-order valence-corrected chi connectivity index (χ2v) is 3.60. The minimum Gasteiger partial charge on any atom is -0.239 e. The highest BCUT2D eigenvalue weighted by Crippen LogP contribution is 2.19. The molecular weight excluding hydrogens is 162 g/mol. The second kappa shape index (κ2) is 6.38. The molecule has 1 unspecified atom stereocenters. The summed E-state index contributed by atoms with van der Waals surface area (Å²) in [5, 5.41) is 0. The standard InChI is InChI=1S/C7H17NS2/c1-4-6-8(10-9)7(3)5-2/h7,9H,4-6H2,1-3H3. The fraction of sp³-hybridized carbons (Fsp3) is 1.00. The van der Waals surface area contributed by atoms with E-state index in [4.69, 9.17) is 0 Å². The molecule has 0 radical (unpaired) electrons. The van der Waals surface area contributed by atoms with Crippen LogP contribution in [0.5, 0.6) is 0 Å². The summed E-state index contributed by atoms with van der Waals surface area (Å²) in [6.45, 7) is 7.78. The molecule has 0 fully saturated rings. The number of hydrogen-bond donors (Lipinski definition) is 1. The normalized spacial score (nSPS) is 14.1. The van der Waals surface area contributed by atoms with E-state index < -0.39 is 0 Å². The molecule has 0 amide bonds. The van der Waals surface area contributed by atoms with Crippen LogP contribution < -0.4 is 0 Å². The van der Waals surface area contributed by atoms with Crippen molar-refractivity contribution in [3.8, 4) is 0 Å². The van der Waals surface area contributed by atoms with Gasteiger partial charge in [0.25, 0.3) is 0 Å². The molecule has 10 heavy (non-hydrogen) atoms. The van der Waals surface area contributed by atoms with E-state index in [2.05, 4.69) is 36.7 Å². The van der Waals surface area contributed by atoms with Gasteiger partial charge in [-0.25, -0.2) is 4.31 Å². The van der Waals surface area contributed by atoms with Crippen molar-refractivity contribution in [3.05, 3.63) is 0 Å². The maximum atomic E-state index is 4.19. The van der Waals surface area contributed by atoms with Gasteiger partial charge in [-0.05, 0) is 30.7 Å². The maximum Gasteiger partial charge on any atom is 0.0179 e. The zero-order chi connectivity index (χ0) is 7.98. The van der Waals surface area contributed by atoms with E-state index in [1.54, 1.807) is 11.0 Å². The van der Waals surface area contributed by atoms with Gasteiger partial charge < -0.3 is 0 Å². The third kappa shape index (κ3) is 3.74. The Hall–Kier alpha value is 0.660. The molecule has 0 bridgehead atoms. The second-order valence-electron chi connectivity index (χ2n) is 2.48. The van der Waals surface area contributed by atoms with Crippen LogP contribution in [0.1, 0.15) is 33.6 Å². The van der Waals surface area contributed by atoms with Gasteiger partial charge in [0.2, 0.25) is 0 Å². The fourth-order valence-corrected chi connectivity index (χ4v) is 2.07. The highest BCUT2D eigenvalue weighted by Gasteiger charge is 2.08. The van der Waals surface area contributed by atoms with Crippen LogP contribution in [-0.2, 0) is 0 Å². The minimum atomic E-state index is 0.655. The van der Waals surface area contributed by atoms with Gasteiger partial charge in [-0.3, -0.25) is 0 Å². The van der Waals surface area contributed by atoms with Crippen molar-refractivity contribution in [1.29, 1.82) is 0 Å². The van der Waals surface area contributed by atoms with Gasteiger partial charge >= 0.3 is 0 Å². The monoisotopic (exact) mass is 179 g/mol. The molecule has 0 rings (SSSR count). The zero-order valence-corrected chi connectivity index (χ0v) is 8.71. The van der Waals surface area contributed by atoms with Gasteiger partial charge in [0.15, 0.2) is 0 Å². The van der Waals surface area contributed by atoms with Gasteiger partial charge in [-0.1, -0.05) is 25.5 Å². The summed E-state index contributed by atoms with van der Waals surface area (Å²) in [7, 11) is 1.55. The van der Waals surface area contributed by atoms with E-state index >= 15 is 0 Å². The first kappa shape index (κ1) is 10.7.